The molecule has 0 aromatic heterocycles. The summed E-state index contributed by atoms with van der Waals surface area (Å²) in [6.07, 6.45) is 0.378. The zero-order chi connectivity index (χ0) is 8.97. The van der Waals surface area contributed by atoms with Crippen LogP contribution < -0.4 is 0 Å². The maximum absolute atomic E-state index is 5.48. The van der Waals surface area contributed by atoms with Crippen LogP contribution in [0.15, 0.2) is 30.3 Å². The summed E-state index contributed by atoms with van der Waals surface area (Å²) >= 11 is 0.344. The third-order valence-electron chi connectivity index (χ3n) is 2.40. The second-order valence-corrected chi connectivity index (χ2v) is 4.49. The van der Waals surface area contributed by atoms with Gasteiger partial charge in [0.15, 0.2) is 0 Å². The van der Waals surface area contributed by atoms with E-state index in [1.807, 2.05) is 6.07 Å². The van der Waals surface area contributed by atoms with Gasteiger partial charge in [0.05, 0.1) is 0 Å². The van der Waals surface area contributed by atoms with Crippen LogP contribution in [0.1, 0.15) is 25.3 Å². The molecule has 2 atom stereocenters. The number of benzene rings is 1. The topological polar surface area (TPSA) is 9.23 Å². The summed E-state index contributed by atoms with van der Waals surface area (Å²) in [5, 5.41) is 0. The van der Waals surface area contributed by atoms with Gasteiger partial charge in [0.2, 0.25) is 0 Å². The molecule has 0 N–H and O–H groups in total. The van der Waals surface area contributed by atoms with Gasteiger partial charge in [0.1, 0.15) is 0 Å². The van der Waals surface area contributed by atoms with E-state index in [9.17, 15) is 0 Å². The number of rotatable bonds is 3. The van der Waals surface area contributed by atoms with Crippen molar-refractivity contribution in [3.05, 3.63) is 35.9 Å². The average Bonchev–Trinajstić information content (AvgIpc) is 2.17. The summed E-state index contributed by atoms with van der Waals surface area (Å²) in [5.74, 6) is 0.521. The zero-order valence-corrected chi connectivity index (χ0v) is 13.7. The first kappa shape index (κ1) is 10.1. The molecule has 0 fully saturated rings. The van der Waals surface area contributed by atoms with Crippen LogP contribution in [0, 0.1) is 0 Å². The summed E-state index contributed by atoms with van der Waals surface area (Å²) in [6.45, 7) is 4.37. The second-order valence-electron chi connectivity index (χ2n) is 3.14. The first-order valence-electron chi connectivity index (χ1n) is 4.33. The van der Waals surface area contributed by atoms with Crippen molar-refractivity contribution >= 4 is 22.9 Å². The molecule has 66 valence electrons. The van der Waals surface area contributed by atoms with E-state index in [2.05, 4.69) is 38.1 Å². The summed E-state index contributed by atoms with van der Waals surface area (Å²) in [7, 11) is 0. The molecule has 0 radical (unpaired) electrons. The molecule has 0 aliphatic heterocycles. The molecule has 2 heteroatoms. The SMILES string of the molecule is CC([O][SnH3])C(C)c1ccccc1. The Morgan fingerprint density at radius 1 is 1.17 bits per heavy atom. The van der Waals surface area contributed by atoms with Crippen molar-refractivity contribution in [2.24, 2.45) is 0 Å². The van der Waals surface area contributed by atoms with Crippen LogP contribution in [0.25, 0.3) is 0 Å². The molecule has 1 nitrogen and oxygen atoms in total. The van der Waals surface area contributed by atoms with Gasteiger partial charge in [-0.1, -0.05) is 0 Å². The van der Waals surface area contributed by atoms with Crippen LogP contribution in [0.5, 0.6) is 0 Å². The van der Waals surface area contributed by atoms with E-state index in [1.165, 1.54) is 5.56 Å². The molecule has 0 saturated carbocycles. The van der Waals surface area contributed by atoms with E-state index in [1.54, 1.807) is 0 Å². The monoisotopic (exact) mass is 272 g/mol. The summed E-state index contributed by atoms with van der Waals surface area (Å²) in [6, 6.07) is 10.5. The van der Waals surface area contributed by atoms with Crippen molar-refractivity contribution in [2.45, 2.75) is 25.9 Å². The van der Waals surface area contributed by atoms with E-state index in [0.717, 1.165) is 0 Å². The third-order valence-corrected chi connectivity index (χ3v) is 4.52. The van der Waals surface area contributed by atoms with Crippen molar-refractivity contribution in [3.63, 3.8) is 0 Å². The van der Waals surface area contributed by atoms with Crippen LogP contribution >= 0.6 is 0 Å². The fraction of sp³-hybridized carbons (Fsp3) is 0.400. The average molecular weight is 271 g/mol. The van der Waals surface area contributed by atoms with Crippen LogP contribution in [0.3, 0.4) is 0 Å². The van der Waals surface area contributed by atoms with Gasteiger partial charge in [-0.05, 0) is 0 Å². The standard InChI is InChI=1S/C10H13O.Sn.3H/c1-8(9(2)11)10-6-4-3-5-7-10;;;;/h3-9H,1-2H3;;;;/q-1;+1;;;. The Kier molecular flexibility index (Phi) is 4.09. The Morgan fingerprint density at radius 3 is 2.25 bits per heavy atom. The minimum absolute atomic E-state index is 0.344. The predicted octanol–water partition coefficient (Wildman–Crippen LogP) is 1.48. The third kappa shape index (κ3) is 2.49. The van der Waals surface area contributed by atoms with Crippen LogP contribution in [0.4, 0.5) is 0 Å². The molecule has 1 aromatic carbocycles. The Balaban J connectivity index is 2.71. The van der Waals surface area contributed by atoms with Crippen LogP contribution in [-0.4, -0.2) is 29.0 Å². The van der Waals surface area contributed by atoms with E-state index in [-0.39, 0.29) is 0 Å². The van der Waals surface area contributed by atoms with Gasteiger partial charge in [0.25, 0.3) is 0 Å². The fourth-order valence-corrected chi connectivity index (χ4v) is 2.40. The van der Waals surface area contributed by atoms with Crippen LogP contribution in [0.2, 0.25) is 0 Å². The first-order chi connectivity index (χ1) is 5.75. The Labute approximate surface area is 87.8 Å². The normalized spacial score (nSPS) is 15.8. The molecule has 0 aliphatic rings. The van der Waals surface area contributed by atoms with Crippen molar-refractivity contribution in [2.75, 3.05) is 0 Å². The molecule has 0 amide bonds. The van der Waals surface area contributed by atoms with Gasteiger partial charge >= 0.3 is 87.8 Å². The molecule has 1 aromatic rings. The summed E-state index contributed by atoms with van der Waals surface area (Å²) < 4.78 is 5.48. The number of hydrogen-bond acceptors (Lipinski definition) is 1. The van der Waals surface area contributed by atoms with E-state index < -0.39 is 0 Å². The molecule has 12 heavy (non-hydrogen) atoms. The van der Waals surface area contributed by atoms with Gasteiger partial charge in [-0.2, -0.15) is 0 Å². The van der Waals surface area contributed by atoms with E-state index >= 15 is 0 Å². The van der Waals surface area contributed by atoms with Gasteiger partial charge in [-0.3, -0.25) is 0 Å². The number of hydrogen-bond donors (Lipinski definition) is 0. The van der Waals surface area contributed by atoms with E-state index in [4.69, 9.17) is 3.07 Å². The quantitative estimate of drug-likeness (QED) is 0.756. The Bertz CT molecular complexity index is 223. The Morgan fingerprint density at radius 2 is 1.75 bits per heavy atom. The molecule has 0 spiro atoms. The molecule has 1 rings (SSSR count). The molecule has 0 aliphatic carbocycles. The molecule has 0 bridgehead atoms. The molecule has 0 heterocycles. The van der Waals surface area contributed by atoms with Crippen molar-refractivity contribution < 1.29 is 3.07 Å². The summed E-state index contributed by atoms with van der Waals surface area (Å²) in [5.41, 5.74) is 1.37. The maximum atomic E-state index is 5.48. The Hall–Kier alpha value is -0.0213. The second kappa shape index (κ2) is 4.87. The van der Waals surface area contributed by atoms with Gasteiger partial charge in [-0.15, -0.1) is 0 Å². The zero-order valence-electron chi connectivity index (χ0n) is 7.95. The van der Waals surface area contributed by atoms with Crippen molar-refractivity contribution in [1.29, 1.82) is 0 Å². The van der Waals surface area contributed by atoms with E-state index in [0.29, 0.717) is 35.0 Å². The van der Waals surface area contributed by atoms with Crippen molar-refractivity contribution in [1.82, 2.24) is 0 Å². The minimum atomic E-state index is 0.344. The van der Waals surface area contributed by atoms with Crippen LogP contribution in [-0.2, 0) is 3.07 Å². The molecule has 2 unspecified atom stereocenters. The summed E-state index contributed by atoms with van der Waals surface area (Å²) in [4.78, 5) is 0. The van der Waals surface area contributed by atoms with Gasteiger partial charge in [0, 0.05) is 0 Å². The molecular formula is C10H16OSn. The fourth-order valence-electron chi connectivity index (χ4n) is 1.23. The van der Waals surface area contributed by atoms with Gasteiger partial charge < -0.3 is 0 Å². The predicted molar refractivity (Wildman–Crippen MR) is 55.3 cm³/mol. The van der Waals surface area contributed by atoms with Gasteiger partial charge in [-0.25, -0.2) is 0 Å². The molecule has 0 saturated heterocycles. The molecular weight excluding hydrogens is 255 g/mol. The van der Waals surface area contributed by atoms with Crippen molar-refractivity contribution in [3.8, 4) is 0 Å². The first-order valence-corrected chi connectivity index (χ1v) is 6.66.